The molecule has 1 aliphatic rings. The third-order valence-electron chi connectivity index (χ3n) is 5.83. The zero-order valence-corrected chi connectivity index (χ0v) is 18.8. The molecule has 3 atom stereocenters. The Labute approximate surface area is 195 Å². The van der Waals surface area contributed by atoms with Crippen LogP contribution in [0.25, 0.3) is 0 Å². The number of nitrogens with zero attached hydrogens (tertiary/aromatic N) is 5. The molecule has 3 aromatic rings. The van der Waals surface area contributed by atoms with Crippen molar-refractivity contribution in [1.29, 1.82) is 5.26 Å². The molecule has 7 nitrogen and oxygen atoms in total. The van der Waals surface area contributed by atoms with Crippen LogP contribution in [0, 0.1) is 30.0 Å². The summed E-state index contributed by atoms with van der Waals surface area (Å²) in [6.45, 7) is 4.43. The van der Waals surface area contributed by atoms with Crippen LogP contribution in [0.15, 0.2) is 48.9 Å². The molecule has 1 fully saturated rings. The van der Waals surface area contributed by atoms with E-state index in [1.165, 1.54) is 30.7 Å². The number of amides is 1. The Kier molecular flexibility index (Phi) is 6.52. The maximum atomic E-state index is 14.2. The van der Waals surface area contributed by atoms with E-state index in [1.807, 2.05) is 13.0 Å². The molecule has 0 spiro atoms. The van der Waals surface area contributed by atoms with Crippen LogP contribution in [0.2, 0.25) is 5.02 Å². The highest BCUT2D eigenvalue weighted by molar-refractivity contribution is 6.30. The number of rotatable bonds is 5. The lowest BCUT2D eigenvalue weighted by Gasteiger charge is -2.25. The van der Waals surface area contributed by atoms with E-state index in [0.717, 1.165) is 5.56 Å². The fraction of sp³-hybridized carbons (Fsp3) is 0.292. The first-order valence-electron chi connectivity index (χ1n) is 10.4. The number of benzene rings is 1. The van der Waals surface area contributed by atoms with Crippen LogP contribution in [0.5, 0.6) is 5.88 Å². The molecule has 1 aliphatic heterocycles. The molecule has 1 aromatic carbocycles. The molecule has 9 heteroatoms. The first-order chi connectivity index (χ1) is 15.9. The molecule has 0 N–H and O–H groups in total. The molecule has 168 valence electrons. The van der Waals surface area contributed by atoms with Crippen molar-refractivity contribution in [3.63, 3.8) is 0 Å². The summed E-state index contributed by atoms with van der Waals surface area (Å²) >= 11 is 5.88. The van der Waals surface area contributed by atoms with Crippen molar-refractivity contribution in [2.75, 3.05) is 13.1 Å². The van der Waals surface area contributed by atoms with Gasteiger partial charge >= 0.3 is 0 Å². The molecular formula is C24H21ClFN5O2. The van der Waals surface area contributed by atoms with Gasteiger partial charge in [0.05, 0.1) is 16.1 Å². The molecule has 0 aliphatic carbocycles. The van der Waals surface area contributed by atoms with E-state index in [4.69, 9.17) is 21.6 Å². The largest absolute Gasteiger partial charge is 0.474 e. The quantitative estimate of drug-likeness (QED) is 0.561. The maximum Gasteiger partial charge on any atom is 0.257 e. The summed E-state index contributed by atoms with van der Waals surface area (Å²) in [7, 11) is 0. The van der Waals surface area contributed by atoms with Gasteiger partial charge in [0.1, 0.15) is 23.8 Å². The van der Waals surface area contributed by atoms with E-state index in [1.54, 1.807) is 30.0 Å². The summed E-state index contributed by atoms with van der Waals surface area (Å²) in [6, 6.07) is 9.99. The average molecular weight is 466 g/mol. The maximum absolute atomic E-state index is 14.2. The van der Waals surface area contributed by atoms with Crippen molar-refractivity contribution in [2.45, 2.75) is 25.9 Å². The molecule has 33 heavy (non-hydrogen) atoms. The highest BCUT2D eigenvalue weighted by Gasteiger charge is 2.40. The molecular weight excluding hydrogens is 445 g/mol. The molecule has 0 saturated carbocycles. The number of likely N-dealkylation sites (tertiary alicyclic amines) is 1. The fourth-order valence-corrected chi connectivity index (χ4v) is 4.16. The van der Waals surface area contributed by atoms with Gasteiger partial charge in [-0.3, -0.25) is 4.79 Å². The Morgan fingerprint density at radius 1 is 1.21 bits per heavy atom. The Morgan fingerprint density at radius 3 is 2.61 bits per heavy atom. The van der Waals surface area contributed by atoms with Crippen LogP contribution in [0.4, 0.5) is 4.39 Å². The van der Waals surface area contributed by atoms with Gasteiger partial charge in [-0.25, -0.2) is 19.3 Å². The molecule has 0 bridgehead atoms. The average Bonchev–Trinajstić information content (AvgIpc) is 3.27. The normalized spacial score (nSPS) is 18.6. The second kappa shape index (κ2) is 9.51. The number of hydrogen-bond donors (Lipinski definition) is 0. The Hall–Kier alpha value is -3.57. The number of hydrogen-bond acceptors (Lipinski definition) is 6. The Bertz CT molecular complexity index is 1200. The standard InChI is InChI=1S/C24H21ClFN5O2/c1-14(33-23-6-3-16(8-27)9-30-23)19-12-31(24(32)18-10-28-15(2)29-11-18)13-20(19)17-4-5-21(25)22(26)7-17/h3-7,9-11,14,19-20H,12-13H2,1-2H3/t14-,19+,20+/m0/s1. The first-order valence-corrected chi connectivity index (χ1v) is 10.8. The summed E-state index contributed by atoms with van der Waals surface area (Å²) in [5.74, 6) is -0.0667. The van der Waals surface area contributed by atoms with E-state index < -0.39 is 5.82 Å². The number of aromatic nitrogens is 3. The van der Waals surface area contributed by atoms with Crippen LogP contribution in [-0.2, 0) is 0 Å². The topological polar surface area (TPSA) is 92.0 Å². The molecule has 2 aromatic heterocycles. The molecule has 3 heterocycles. The van der Waals surface area contributed by atoms with Crippen LogP contribution in [-0.4, -0.2) is 45.0 Å². The second-order valence-electron chi connectivity index (χ2n) is 7.99. The minimum Gasteiger partial charge on any atom is -0.474 e. The van der Waals surface area contributed by atoms with Crippen molar-refractivity contribution >= 4 is 17.5 Å². The van der Waals surface area contributed by atoms with E-state index in [0.29, 0.717) is 35.9 Å². The van der Waals surface area contributed by atoms with Gasteiger partial charge in [0.15, 0.2) is 0 Å². The predicted octanol–water partition coefficient (Wildman–Crippen LogP) is 4.17. The molecule has 1 saturated heterocycles. The molecule has 4 rings (SSSR count). The fourth-order valence-electron chi connectivity index (χ4n) is 4.05. The second-order valence-corrected chi connectivity index (χ2v) is 8.40. The highest BCUT2D eigenvalue weighted by Crippen LogP contribution is 2.37. The number of halogens is 2. The lowest BCUT2D eigenvalue weighted by molar-refractivity contribution is 0.0769. The predicted molar refractivity (Wildman–Crippen MR) is 119 cm³/mol. The summed E-state index contributed by atoms with van der Waals surface area (Å²) in [5, 5.41) is 9.00. The van der Waals surface area contributed by atoms with Gasteiger partial charge in [-0.2, -0.15) is 5.26 Å². The summed E-state index contributed by atoms with van der Waals surface area (Å²) < 4.78 is 20.3. The summed E-state index contributed by atoms with van der Waals surface area (Å²) in [5.41, 5.74) is 1.56. The lowest BCUT2D eigenvalue weighted by atomic mass is 9.85. The van der Waals surface area contributed by atoms with Crippen LogP contribution < -0.4 is 4.74 Å². The van der Waals surface area contributed by atoms with E-state index >= 15 is 0 Å². The first kappa shape index (κ1) is 22.6. The van der Waals surface area contributed by atoms with Crippen LogP contribution in [0.1, 0.15) is 40.2 Å². The number of aryl methyl sites for hydroxylation is 1. The van der Waals surface area contributed by atoms with Crippen molar-refractivity contribution in [3.8, 4) is 11.9 Å². The highest BCUT2D eigenvalue weighted by atomic mass is 35.5. The van der Waals surface area contributed by atoms with Crippen molar-refractivity contribution in [1.82, 2.24) is 19.9 Å². The minimum atomic E-state index is -0.507. The Balaban J connectivity index is 1.60. The number of nitriles is 1. The number of pyridine rings is 1. The third-order valence-corrected chi connectivity index (χ3v) is 6.13. The lowest BCUT2D eigenvalue weighted by Crippen LogP contribution is -2.32. The van der Waals surface area contributed by atoms with Crippen molar-refractivity contribution in [2.24, 2.45) is 5.92 Å². The zero-order chi connectivity index (χ0) is 23.5. The number of carbonyl (C=O) groups excluding carboxylic acids is 1. The van der Waals surface area contributed by atoms with Gasteiger partial charge in [0.2, 0.25) is 5.88 Å². The van der Waals surface area contributed by atoms with E-state index in [9.17, 15) is 9.18 Å². The number of ether oxygens (including phenoxy) is 1. The third kappa shape index (κ3) is 4.94. The Morgan fingerprint density at radius 2 is 1.97 bits per heavy atom. The number of carbonyl (C=O) groups is 1. The molecule has 1 amide bonds. The van der Waals surface area contributed by atoms with Gasteiger partial charge in [-0.05, 0) is 37.6 Å². The van der Waals surface area contributed by atoms with Crippen LogP contribution in [0.3, 0.4) is 0 Å². The van der Waals surface area contributed by atoms with Crippen LogP contribution >= 0.6 is 11.6 Å². The molecule has 0 unspecified atom stereocenters. The molecule has 0 radical (unpaired) electrons. The van der Waals surface area contributed by atoms with Gasteiger partial charge in [-0.15, -0.1) is 0 Å². The zero-order valence-electron chi connectivity index (χ0n) is 18.1. The van der Waals surface area contributed by atoms with E-state index in [-0.39, 0.29) is 28.9 Å². The summed E-state index contributed by atoms with van der Waals surface area (Å²) in [4.78, 5) is 27.2. The van der Waals surface area contributed by atoms with Gasteiger partial charge in [-0.1, -0.05) is 17.7 Å². The van der Waals surface area contributed by atoms with Crippen molar-refractivity contribution < 1.29 is 13.9 Å². The van der Waals surface area contributed by atoms with E-state index in [2.05, 4.69) is 15.0 Å². The van der Waals surface area contributed by atoms with Crippen molar-refractivity contribution in [3.05, 3.63) is 82.3 Å². The smallest absolute Gasteiger partial charge is 0.257 e. The van der Waals surface area contributed by atoms with Gasteiger partial charge in [0.25, 0.3) is 5.91 Å². The SMILES string of the molecule is Cc1ncc(C(=O)N2C[C@H]([C@H](C)Oc3ccc(C#N)cn3)[C@@H](c3ccc(Cl)c(F)c3)C2)cn1. The minimum absolute atomic E-state index is 0.0455. The summed E-state index contributed by atoms with van der Waals surface area (Å²) in [6.07, 6.45) is 4.11. The van der Waals surface area contributed by atoms with Gasteiger partial charge in [0, 0.05) is 49.6 Å². The van der Waals surface area contributed by atoms with Gasteiger partial charge < -0.3 is 9.64 Å². The monoisotopic (exact) mass is 465 g/mol.